The van der Waals surface area contributed by atoms with Crippen LogP contribution in [0.1, 0.15) is 18.9 Å². The summed E-state index contributed by atoms with van der Waals surface area (Å²) in [7, 11) is 0. The van der Waals surface area contributed by atoms with E-state index in [4.69, 9.17) is 5.73 Å². The van der Waals surface area contributed by atoms with Gasteiger partial charge in [-0.15, -0.1) is 0 Å². The van der Waals surface area contributed by atoms with Crippen LogP contribution in [-0.4, -0.2) is 19.0 Å². The lowest BCUT2D eigenvalue weighted by atomic mass is 10.2. The monoisotopic (exact) mass is 284 g/mol. The van der Waals surface area contributed by atoms with Gasteiger partial charge in [-0.05, 0) is 37.6 Å². The first-order valence-electron chi connectivity index (χ1n) is 5.36. The van der Waals surface area contributed by atoms with Crippen LogP contribution < -0.4 is 10.6 Å². The topological polar surface area (TPSA) is 46.3 Å². The maximum Gasteiger partial charge on any atom is 0.228 e. The summed E-state index contributed by atoms with van der Waals surface area (Å²) in [5.41, 5.74) is 7.45. The van der Waals surface area contributed by atoms with E-state index in [9.17, 15) is 4.79 Å². The number of carbonyl (C=O) groups excluding carboxylic acids is 1. The number of carbonyl (C=O) groups is 1. The fraction of sp³-hybridized carbons (Fsp3) is 0.417. The molecule has 0 atom stereocenters. The third kappa shape index (κ3) is 3.06. The first-order valence-corrected chi connectivity index (χ1v) is 6.16. The fourth-order valence-electron chi connectivity index (χ4n) is 1.56. The summed E-state index contributed by atoms with van der Waals surface area (Å²) < 4.78 is 1.05. The standard InChI is InChI=1S/C12H17BrN2O/c1-3-15(12(16)6-7-14)10-4-5-11(13)9(2)8-10/h4-5,8H,3,6-7,14H2,1-2H3. The maximum atomic E-state index is 11.8. The molecule has 0 saturated heterocycles. The molecule has 1 amide bonds. The predicted octanol–water partition coefficient (Wildman–Crippen LogP) is 2.46. The summed E-state index contributed by atoms with van der Waals surface area (Å²) in [5.74, 6) is 0.0757. The normalized spacial score (nSPS) is 10.2. The number of aryl methyl sites for hydroxylation is 1. The largest absolute Gasteiger partial charge is 0.330 e. The van der Waals surface area contributed by atoms with Gasteiger partial charge in [0.05, 0.1) is 0 Å². The smallest absolute Gasteiger partial charge is 0.228 e. The third-order valence-corrected chi connectivity index (χ3v) is 3.32. The Morgan fingerprint density at radius 2 is 2.19 bits per heavy atom. The van der Waals surface area contributed by atoms with Gasteiger partial charge >= 0.3 is 0 Å². The van der Waals surface area contributed by atoms with E-state index in [1.807, 2.05) is 32.0 Å². The zero-order chi connectivity index (χ0) is 12.1. The van der Waals surface area contributed by atoms with Crippen LogP contribution in [0, 0.1) is 6.92 Å². The molecule has 88 valence electrons. The van der Waals surface area contributed by atoms with Gasteiger partial charge in [0.15, 0.2) is 0 Å². The molecule has 0 saturated carbocycles. The Hall–Kier alpha value is -0.870. The third-order valence-electron chi connectivity index (χ3n) is 2.43. The summed E-state index contributed by atoms with van der Waals surface area (Å²) in [6.07, 6.45) is 0.392. The Morgan fingerprint density at radius 1 is 1.50 bits per heavy atom. The van der Waals surface area contributed by atoms with Crippen molar-refractivity contribution in [2.24, 2.45) is 5.73 Å². The van der Waals surface area contributed by atoms with Crippen LogP contribution in [0.2, 0.25) is 0 Å². The van der Waals surface area contributed by atoms with Crippen molar-refractivity contribution in [3.63, 3.8) is 0 Å². The molecule has 0 radical (unpaired) electrons. The maximum absolute atomic E-state index is 11.8. The average molecular weight is 285 g/mol. The molecule has 1 aromatic rings. The molecule has 0 aliphatic heterocycles. The van der Waals surface area contributed by atoms with Gasteiger partial charge in [-0.25, -0.2) is 0 Å². The second kappa shape index (κ2) is 6.01. The average Bonchev–Trinajstić information content (AvgIpc) is 2.25. The van der Waals surface area contributed by atoms with E-state index in [1.165, 1.54) is 0 Å². The van der Waals surface area contributed by atoms with E-state index in [0.29, 0.717) is 19.5 Å². The van der Waals surface area contributed by atoms with Crippen molar-refractivity contribution in [1.29, 1.82) is 0 Å². The van der Waals surface area contributed by atoms with Crippen LogP contribution in [0.15, 0.2) is 22.7 Å². The highest BCUT2D eigenvalue weighted by Gasteiger charge is 2.13. The zero-order valence-electron chi connectivity index (χ0n) is 9.66. The highest BCUT2D eigenvalue weighted by Crippen LogP contribution is 2.23. The van der Waals surface area contributed by atoms with Gasteiger partial charge in [-0.1, -0.05) is 15.9 Å². The summed E-state index contributed by atoms with van der Waals surface area (Å²) in [4.78, 5) is 13.6. The quantitative estimate of drug-likeness (QED) is 0.923. The number of anilines is 1. The van der Waals surface area contributed by atoms with E-state index in [-0.39, 0.29) is 5.91 Å². The highest BCUT2D eigenvalue weighted by atomic mass is 79.9. The molecule has 0 fully saturated rings. The molecular weight excluding hydrogens is 268 g/mol. The first-order chi connectivity index (χ1) is 7.60. The number of amides is 1. The fourth-order valence-corrected chi connectivity index (χ4v) is 1.80. The van der Waals surface area contributed by atoms with Crippen molar-refractivity contribution in [1.82, 2.24) is 0 Å². The van der Waals surface area contributed by atoms with Crippen molar-refractivity contribution >= 4 is 27.5 Å². The summed E-state index contributed by atoms with van der Waals surface area (Å²) in [5, 5.41) is 0. The van der Waals surface area contributed by atoms with E-state index in [0.717, 1.165) is 15.7 Å². The van der Waals surface area contributed by atoms with E-state index < -0.39 is 0 Å². The van der Waals surface area contributed by atoms with Gasteiger partial charge < -0.3 is 10.6 Å². The molecule has 16 heavy (non-hydrogen) atoms. The van der Waals surface area contributed by atoms with Crippen molar-refractivity contribution < 1.29 is 4.79 Å². The Bertz CT molecular complexity index is 379. The van der Waals surface area contributed by atoms with Crippen molar-refractivity contribution in [3.8, 4) is 0 Å². The van der Waals surface area contributed by atoms with Crippen molar-refractivity contribution in [2.45, 2.75) is 20.3 Å². The van der Waals surface area contributed by atoms with E-state index >= 15 is 0 Å². The van der Waals surface area contributed by atoms with Gasteiger partial charge in [0.25, 0.3) is 0 Å². The van der Waals surface area contributed by atoms with Gasteiger partial charge in [0.1, 0.15) is 0 Å². The zero-order valence-corrected chi connectivity index (χ0v) is 11.3. The number of hydrogen-bond donors (Lipinski definition) is 1. The minimum atomic E-state index is 0.0757. The molecule has 3 nitrogen and oxygen atoms in total. The van der Waals surface area contributed by atoms with E-state index in [1.54, 1.807) is 4.90 Å². The van der Waals surface area contributed by atoms with Gasteiger partial charge in [-0.3, -0.25) is 4.79 Å². The first kappa shape index (κ1) is 13.2. The lowest BCUT2D eigenvalue weighted by Gasteiger charge is -2.21. The van der Waals surface area contributed by atoms with Gasteiger partial charge in [0.2, 0.25) is 5.91 Å². The molecule has 1 aromatic carbocycles. The molecule has 0 heterocycles. The SMILES string of the molecule is CCN(C(=O)CCN)c1ccc(Br)c(C)c1. The Morgan fingerprint density at radius 3 is 2.69 bits per heavy atom. The number of nitrogens with zero attached hydrogens (tertiary/aromatic N) is 1. The van der Waals surface area contributed by atoms with Crippen LogP contribution in [-0.2, 0) is 4.79 Å². The molecule has 4 heteroatoms. The molecule has 2 N–H and O–H groups in total. The molecule has 0 aliphatic rings. The van der Waals surface area contributed by atoms with Crippen LogP contribution in [0.5, 0.6) is 0 Å². The van der Waals surface area contributed by atoms with Crippen molar-refractivity contribution in [3.05, 3.63) is 28.2 Å². The molecule has 0 spiro atoms. The number of nitrogens with two attached hydrogens (primary N) is 1. The van der Waals surface area contributed by atoms with Crippen LogP contribution >= 0.6 is 15.9 Å². The van der Waals surface area contributed by atoms with E-state index in [2.05, 4.69) is 15.9 Å². The summed E-state index contributed by atoms with van der Waals surface area (Å²) >= 11 is 3.44. The Labute approximate surface area is 105 Å². The second-order valence-corrected chi connectivity index (χ2v) is 4.46. The summed E-state index contributed by atoms with van der Waals surface area (Å²) in [6, 6.07) is 5.90. The number of benzene rings is 1. The number of rotatable bonds is 4. The van der Waals surface area contributed by atoms with Crippen LogP contribution in [0.3, 0.4) is 0 Å². The molecule has 0 aromatic heterocycles. The van der Waals surface area contributed by atoms with Gasteiger partial charge in [0, 0.05) is 29.7 Å². The number of halogens is 1. The minimum absolute atomic E-state index is 0.0757. The minimum Gasteiger partial charge on any atom is -0.330 e. The molecular formula is C12H17BrN2O. The lowest BCUT2D eigenvalue weighted by Crippen LogP contribution is -2.32. The number of hydrogen-bond acceptors (Lipinski definition) is 2. The highest BCUT2D eigenvalue weighted by molar-refractivity contribution is 9.10. The molecule has 0 unspecified atom stereocenters. The van der Waals surface area contributed by atoms with Crippen LogP contribution in [0.25, 0.3) is 0 Å². The lowest BCUT2D eigenvalue weighted by molar-refractivity contribution is -0.118. The summed E-state index contributed by atoms with van der Waals surface area (Å²) in [6.45, 7) is 5.03. The Kier molecular flexibility index (Phi) is 4.96. The van der Waals surface area contributed by atoms with Gasteiger partial charge in [-0.2, -0.15) is 0 Å². The second-order valence-electron chi connectivity index (χ2n) is 3.61. The van der Waals surface area contributed by atoms with Crippen molar-refractivity contribution in [2.75, 3.05) is 18.0 Å². The van der Waals surface area contributed by atoms with Crippen LogP contribution in [0.4, 0.5) is 5.69 Å². The predicted molar refractivity (Wildman–Crippen MR) is 70.6 cm³/mol. The molecule has 0 aliphatic carbocycles. The molecule has 1 rings (SSSR count). The Balaban J connectivity index is 2.95. The molecule has 0 bridgehead atoms.